The summed E-state index contributed by atoms with van der Waals surface area (Å²) >= 11 is 1.60. The van der Waals surface area contributed by atoms with E-state index in [4.69, 9.17) is 0 Å². The van der Waals surface area contributed by atoms with Crippen molar-refractivity contribution in [2.45, 2.75) is 19.5 Å². The summed E-state index contributed by atoms with van der Waals surface area (Å²) < 4.78 is 3.88. The maximum Gasteiger partial charge on any atom is 0.332 e. The fourth-order valence-electron chi connectivity index (χ4n) is 3.55. The Balaban J connectivity index is 1.61. The fourth-order valence-corrected chi connectivity index (χ4v) is 4.27. The molecule has 8 nitrogen and oxygen atoms in total. The Labute approximate surface area is 182 Å². The molecule has 31 heavy (non-hydrogen) atoms. The largest absolute Gasteiger partial charge is 0.336 e. The summed E-state index contributed by atoms with van der Waals surface area (Å²) in [7, 11) is 2.98. The van der Waals surface area contributed by atoms with Gasteiger partial charge in [0, 0.05) is 25.5 Å². The number of amides is 1. The molecule has 0 saturated heterocycles. The van der Waals surface area contributed by atoms with Crippen LogP contribution in [-0.4, -0.2) is 36.0 Å². The van der Waals surface area contributed by atoms with E-state index in [1.54, 1.807) is 23.3 Å². The number of benzene rings is 1. The predicted molar refractivity (Wildman–Crippen MR) is 120 cm³/mol. The van der Waals surface area contributed by atoms with Crippen molar-refractivity contribution in [2.75, 3.05) is 6.54 Å². The molecule has 0 spiro atoms. The molecule has 1 amide bonds. The quantitative estimate of drug-likeness (QED) is 0.441. The third-order valence-electron chi connectivity index (χ3n) is 5.32. The number of rotatable bonds is 7. The zero-order chi connectivity index (χ0) is 22.0. The number of carbonyl (C=O) groups is 1. The second kappa shape index (κ2) is 8.73. The van der Waals surface area contributed by atoms with E-state index in [9.17, 15) is 14.4 Å². The van der Waals surface area contributed by atoms with E-state index in [1.807, 2.05) is 47.8 Å². The van der Waals surface area contributed by atoms with Crippen molar-refractivity contribution < 1.29 is 4.79 Å². The monoisotopic (exact) mass is 437 g/mol. The molecule has 9 heteroatoms. The fraction of sp³-hybridized carbons (Fsp3) is 0.273. The molecule has 3 aromatic heterocycles. The molecule has 0 atom stereocenters. The smallest absolute Gasteiger partial charge is 0.332 e. The Morgan fingerprint density at radius 1 is 1.06 bits per heavy atom. The first kappa shape index (κ1) is 20.8. The van der Waals surface area contributed by atoms with E-state index in [1.165, 1.54) is 22.5 Å². The van der Waals surface area contributed by atoms with Crippen LogP contribution in [-0.2, 0) is 38.4 Å². The third-order valence-corrected chi connectivity index (χ3v) is 6.18. The normalized spacial score (nSPS) is 11.2. The first-order valence-electron chi connectivity index (χ1n) is 9.90. The van der Waals surface area contributed by atoms with Crippen molar-refractivity contribution in [1.29, 1.82) is 0 Å². The summed E-state index contributed by atoms with van der Waals surface area (Å²) in [5.74, 6) is -0.112. The lowest BCUT2D eigenvalue weighted by Crippen LogP contribution is -2.38. The molecule has 0 N–H and O–H groups in total. The molecule has 160 valence electrons. The van der Waals surface area contributed by atoms with E-state index in [0.717, 1.165) is 21.4 Å². The van der Waals surface area contributed by atoms with Crippen LogP contribution in [0.25, 0.3) is 11.2 Å². The Hall–Kier alpha value is -3.46. The van der Waals surface area contributed by atoms with E-state index < -0.39 is 11.2 Å². The van der Waals surface area contributed by atoms with E-state index in [0.29, 0.717) is 13.1 Å². The molecule has 0 bridgehead atoms. The van der Waals surface area contributed by atoms with Crippen LogP contribution in [0.2, 0.25) is 0 Å². The van der Waals surface area contributed by atoms with Crippen LogP contribution in [0.4, 0.5) is 0 Å². The van der Waals surface area contributed by atoms with Crippen molar-refractivity contribution in [3.8, 4) is 0 Å². The SMILES string of the molecule is Cn1c(=O)c2c(ncn2CC(=O)N(CCc2ccccc2)Cc2cccs2)n(C)c1=O. The summed E-state index contributed by atoms with van der Waals surface area (Å²) in [4.78, 5) is 45.2. The van der Waals surface area contributed by atoms with Crippen LogP contribution in [0.15, 0.2) is 63.8 Å². The number of nitrogens with zero attached hydrogens (tertiary/aromatic N) is 5. The Bertz CT molecular complexity index is 1320. The highest BCUT2D eigenvalue weighted by molar-refractivity contribution is 7.09. The predicted octanol–water partition coefficient (Wildman–Crippen LogP) is 1.77. The molecule has 0 aliphatic heterocycles. The van der Waals surface area contributed by atoms with Crippen LogP contribution < -0.4 is 11.2 Å². The lowest BCUT2D eigenvalue weighted by molar-refractivity contribution is -0.132. The zero-order valence-corrected chi connectivity index (χ0v) is 18.2. The van der Waals surface area contributed by atoms with Gasteiger partial charge in [0.2, 0.25) is 5.91 Å². The number of hydrogen-bond acceptors (Lipinski definition) is 5. The van der Waals surface area contributed by atoms with Crippen LogP contribution in [0, 0.1) is 0 Å². The van der Waals surface area contributed by atoms with Gasteiger partial charge in [-0.15, -0.1) is 11.3 Å². The van der Waals surface area contributed by atoms with Gasteiger partial charge in [0.25, 0.3) is 5.56 Å². The molecule has 1 aromatic carbocycles. The summed E-state index contributed by atoms with van der Waals surface area (Å²) in [5.41, 5.74) is 0.768. The lowest BCUT2D eigenvalue weighted by Gasteiger charge is -2.22. The number of thiophene rings is 1. The van der Waals surface area contributed by atoms with Crippen molar-refractivity contribution in [1.82, 2.24) is 23.6 Å². The molecule has 0 radical (unpaired) electrons. The molecule has 0 unspecified atom stereocenters. The summed E-state index contributed by atoms with van der Waals surface area (Å²) in [6.45, 7) is 1.04. The summed E-state index contributed by atoms with van der Waals surface area (Å²) in [6, 6.07) is 14.0. The first-order valence-corrected chi connectivity index (χ1v) is 10.8. The molecule has 0 saturated carbocycles. The minimum absolute atomic E-state index is 0.0237. The highest BCUT2D eigenvalue weighted by atomic mass is 32.1. The maximum atomic E-state index is 13.3. The number of hydrogen-bond donors (Lipinski definition) is 0. The average Bonchev–Trinajstić information content (AvgIpc) is 3.44. The average molecular weight is 438 g/mol. The van der Waals surface area contributed by atoms with Gasteiger partial charge in [0.05, 0.1) is 12.9 Å². The highest BCUT2D eigenvalue weighted by Crippen LogP contribution is 2.14. The molecule has 0 fully saturated rings. The van der Waals surface area contributed by atoms with Crippen molar-refractivity contribution >= 4 is 28.4 Å². The second-order valence-corrected chi connectivity index (χ2v) is 8.41. The third kappa shape index (κ3) is 4.22. The zero-order valence-electron chi connectivity index (χ0n) is 17.4. The molecule has 0 aliphatic carbocycles. The topological polar surface area (TPSA) is 82.1 Å². The Morgan fingerprint density at radius 2 is 1.84 bits per heavy atom. The van der Waals surface area contributed by atoms with Gasteiger partial charge in [-0.05, 0) is 23.4 Å². The van der Waals surface area contributed by atoms with Crippen molar-refractivity contribution in [2.24, 2.45) is 14.1 Å². The number of aromatic nitrogens is 4. The van der Waals surface area contributed by atoms with Gasteiger partial charge >= 0.3 is 5.69 Å². The van der Waals surface area contributed by atoms with Crippen molar-refractivity contribution in [3.05, 3.63) is 85.5 Å². The Kier molecular flexibility index (Phi) is 5.85. The van der Waals surface area contributed by atoms with E-state index in [2.05, 4.69) is 4.98 Å². The van der Waals surface area contributed by atoms with Crippen LogP contribution >= 0.6 is 11.3 Å². The number of imidazole rings is 1. The van der Waals surface area contributed by atoms with Gasteiger partial charge in [-0.2, -0.15) is 0 Å². The molecule has 3 heterocycles. The lowest BCUT2D eigenvalue weighted by atomic mass is 10.1. The Morgan fingerprint density at radius 3 is 2.55 bits per heavy atom. The van der Waals surface area contributed by atoms with Crippen molar-refractivity contribution in [3.63, 3.8) is 0 Å². The summed E-state index contributed by atoms with van der Waals surface area (Å²) in [6.07, 6.45) is 2.18. The molecular formula is C22H23N5O3S. The number of aryl methyl sites for hydroxylation is 1. The van der Waals surface area contributed by atoms with E-state index in [-0.39, 0.29) is 23.6 Å². The van der Waals surface area contributed by atoms with Crippen LogP contribution in [0.3, 0.4) is 0 Å². The van der Waals surface area contributed by atoms with Gasteiger partial charge in [-0.1, -0.05) is 36.4 Å². The van der Waals surface area contributed by atoms with Crippen LogP contribution in [0.1, 0.15) is 10.4 Å². The van der Waals surface area contributed by atoms with Crippen LogP contribution in [0.5, 0.6) is 0 Å². The van der Waals surface area contributed by atoms with Gasteiger partial charge < -0.3 is 9.47 Å². The molecule has 4 rings (SSSR count). The van der Waals surface area contributed by atoms with E-state index >= 15 is 0 Å². The number of carbonyl (C=O) groups excluding carboxylic acids is 1. The minimum Gasteiger partial charge on any atom is -0.336 e. The standard InChI is InChI=1S/C22H23N5O3S/c1-24-20-19(21(29)25(2)22(24)30)27(15-23-20)14-18(28)26(13-17-9-6-12-31-17)11-10-16-7-4-3-5-8-16/h3-9,12,15H,10-11,13-14H2,1-2H3. The van der Waals surface area contributed by atoms with Gasteiger partial charge in [0.1, 0.15) is 6.54 Å². The number of fused-ring (bicyclic) bond motifs is 1. The van der Waals surface area contributed by atoms with Gasteiger partial charge in [-0.25, -0.2) is 9.78 Å². The summed E-state index contributed by atoms with van der Waals surface area (Å²) in [5, 5.41) is 1.99. The molecule has 0 aliphatic rings. The second-order valence-electron chi connectivity index (χ2n) is 7.38. The maximum absolute atomic E-state index is 13.3. The molecule has 4 aromatic rings. The minimum atomic E-state index is -0.461. The van der Waals surface area contributed by atoms with Gasteiger partial charge in [0.15, 0.2) is 11.2 Å². The molecular weight excluding hydrogens is 414 g/mol. The van der Waals surface area contributed by atoms with Gasteiger partial charge in [-0.3, -0.25) is 18.7 Å². The first-order chi connectivity index (χ1) is 15.0. The highest BCUT2D eigenvalue weighted by Gasteiger charge is 2.19.